The first-order valence-corrected chi connectivity index (χ1v) is 6.74. The normalized spacial score (nSPS) is 10.6. The van der Waals surface area contributed by atoms with Gasteiger partial charge in [-0.05, 0) is 37.1 Å². The van der Waals surface area contributed by atoms with Crippen LogP contribution in [0.4, 0.5) is 0 Å². The van der Waals surface area contributed by atoms with E-state index >= 15 is 0 Å². The van der Waals surface area contributed by atoms with Gasteiger partial charge in [-0.2, -0.15) is 5.10 Å². The number of hydrogen-bond donors (Lipinski definition) is 0. The molecule has 0 spiro atoms. The van der Waals surface area contributed by atoms with Gasteiger partial charge in [-0.1, -0.05) is 22.9 Å². The summed E-state index contributed by atoms with van der Waals surface area (Å²) in [6.07, 6.45) is 4.45. The average Bonchev–Trinajstić information content (AvgIpc) is 2.76. The minimum atomic E-state index is 0.0155. The second-order valence-electron chi connectivity index (χ2n) is 4.34. The molecule has 0 aliphatic heterocycles. The smallest absolute Gasteiger partial charge is 0.196 e. The average molecular weight is 307 g/mol. The van der Waals surface area contributed by atoms with E-state index in [2.05, 4.69) is 28.0 Å². The first-order valence-electron chi connectivity index (χ1n) is 5.94. The number of hydrogen-bond acceptors (Lipinski definition) is 2. The topological polar surface area (TPSA) is 34.9 Å². The van der Waals surface area contributed by atoms with Gasteiger partial charge in [-0.25, -0.2) is 0 Å². The lowest BCUT2D eigenvalue weighted by molar-refractivity contribution is 0.103. The molecule has 18 heavy (non-hydrogen) atoms. The molecule has 0 saturated carbocycles. The van der Waals surface area contributed by atoms with Crippen molar-refractivity contribution in [1.82, 2.24) is 9.78 Å². The summed E-state index contributed by atoms with van der Waals surface area (Å²) in [7, 11) is 0. The van der Waals surface area contributed by atoms with Crippen molar-refractivity contribution in [3.63, 3.8) is 0 Å². The zero-order valence-corrected chi connectivity index (χ0v) is 12.1. The second-order valence-corrected chi connectivity index (χ2v) is 5.25. The van der Waals surface area contributed by atoms with Crippen LogP contribution in [0.2, 0.25) is 0 Å². The van der Waals surface area contributed by atoms with Crippen LogP contribution in [0.15, 0.2) is 35.1 Å². The van der Waals surface area contributed by atoms with Crippen molar-refractivity contribution in [2.24, 2.45) is 0 Å². The third kappa shape index (κ3) is 2.88. The lowest BCUT2D eigenvalue weighted by Gasteiger charge is -2.01. The highest BCUT2D eigenvalue weighted by atomic mass is 79.9. The summed E-state index contributed by atoms with van der Waals surface area (Å²) >= 11 is 3.41. The Morgan fingerprint density at radius 2 is 2.11 bits per heavy atom. The third-order valence-corrected chi connectivity index (χ3v) is 3.11. The van der Waals surface area contributed by atoms with Crippen LogP contribution < -0.4 is 0 Å². The SMILES string of the molecule is CCCn1cc(C(=O)c2cc(C)cc(Br)c2)cn1. The van der Waals surface area contributed by atoms with Crippen LogP contribution in [0.5, 0.6) is 0 Å². The van der Waals surface area contributed by atoms with E-state index in [1.807, 2.05) is 31.3 Å². The molecule has 0 fully saturated rings. The number of ketones is 1. The van der Waals surface area contributed by atoms with Crippen LogP contribution in [0.1, 0.15) is 34.8 Å². The Hall–Kier alpha value is -1.42. The molecule has 2 aromatic rings. The van der Waals surface area contributed by atoms with Crippen molar-refractivity contribution in [3.8, 4) is 0 Å². The molecule has 1 aromatic heterocycles. The fraction of sp³-hybridized carbons (Fsp3) is 0.286. The van der Waals surface area contributed by atoms with Gasteiger partial charge in [0.25, 0.3) is 0 Å². The molecule has 0 aliphatic carbocycles. The molecular weight excluding hydrogens is 292 g/mol. The molecule has 0 saturated heterocycles. The molecule has 4 heteroatoms. The number of halogens is 1. The molecule has 3 nitrogen and oxygen atoms in total. The predicted molar refractivity (Wildman–Crippen MR) is 74.8 cm³/mol. The van der Waals surface area contributed by atoms with Gasteiger partial charge in [0.1, 0.15) is 0 Å². The largest absolute Gasteiger partial charge is 0.288 e. The Morgan fingerprint density at radius 3 is 2.78 bits per heavy atom. The summed E-state index contributed by atoms with van der Waals surface area (Å²) in [5.74, 6) is 0.0155. The van der Waals surface area contributed by atoms with Gasteiger partial charge in [-0.15, -0.1) is 0 Å². The van der Waals surface area contributed by atoms with Crippen LogP contribution in [0.3, 0.4) is 0 Å². The molecule has 1 aromatic carbocycles. The highest BCUT2D eigenvalue weighted by Crippen LogP contribution is 2.18. The van der Waals surface area contributed by atoms with Gasteiger partial charge in [0.15, 0.2) is 5.78 Å². The van der Waals surface area contributed by atoms with E-state index in [1.54, 1.807) is 10.9 Å². The van der Waals surface area contributed by atoms with Gasteiger partial charge in [0.05, 0.1) is 11.8 Å². The monoisotopic (exact) mass is 306 g/mol. The van der Waals surface area contributed by atoms with Crippen LogP contribution in [0, 0.1) is 6.92 Å². The molecule has 0 radical (unpaired) electrons. The van der Waals surface area contributed by atoms with Gasteiger partial charge >= 0.3 is 0 Å². The molecule has 0 amide bonds. The molecule has 0 N–H and O–H groups in total. The molecular formula is C14H15BrN2O. The Labute approximate surface area is 115 Å². The Bertz CT molecular complexity index is 555. The van der Waals surface area contributed by atoms with Gasteiger partial charge < -0.3 is 0 Å². The van der Waals surface area contributed by atoms with E-state index < -0.39 is 0 Å². The molecule has 0 atom stereocenters. The molecule has 2 rings (SSSR count). The van der Waals surface area contributed by atoms with E-state index in [0.717, 1.165) is 23.0 Å². The van der Waals surface area contributed by atoms with Crippen molar-refractivity contribution in [3.05, 3.63) is 51.8 Å². The van der Waals surface area contributed by atoms with Crippen LogP contribution in [0.25, 0.3) is 0 Å². The Kier molecular flexibility index (Phi) is 3.97. The predicted octanol–water partition coefficient (Wildman–Crippen LogP) is 3.60. The first kappa shape index (κ1) is 13.0. The van der Waals surface area contributed by atoms with Gasteiger partial charge in [-0.3, -0.25) is 9.48 Å². The van der Waals surface area contributed by atoms with Crippen molar-refractivity contribution in [2.75, 3.05) is 0 Å². The summed E-state index contributed by atoms with van der Waals surface area (Å²) in [6.45, 7) is 4.90. The summed E-state index contributed by atoms with van der Waals surface area (Å²) < 4.78 is 2.73. The summed E-state index contributed by atoms with van der Waals surface area (Å²) in [5, 5.41) is 4.18. The Balaban J connectivity index is 2.29. The molecule has 0 bridgehead atoms. The maximum Gasteiger partial charge on any atom is 0.196 e. The number of benzene rings is 1. The van der Waals surface area contributed by atoms with E-state index in [9.17, 15) is 4.79 Å². The highest BCUT2D eigenvalue weighted by Gasteiger charge is 2.12. The minimum absolute atomic E-state index is 0.0155. The molecule has 0 unspecified atom stereocenters. The van der Waals surface area contributed by atoms with Gasteiger partial charge in [0.2, 0.25) is 0 Å². The standard InChI is InChI=1S/C14H15BrN2O/c1-3-4-17-9-12(8-16-17)14(18)11-5-10(2)6-13(15)7-11/h5-9H,3-4H2,1-2H3. The van der Waals surface area contributed by atoms with E-state index in [4.69, 9.17) is 0 Å². The van der Waals surface area contributed by atoms with Crippen molar-refractivity contribution < 1.29 is 4.79 Å². The van der Waals surface area contributed by atoms with E-state index in [-0.39, 0.29) is 5.78 Å². The van der Waals surface area contributed by atoms with Gasteiger partial charge in [0, 0.05) is 22.8 Å². The van der Waals surface area contributed by atoms with Crippen molar-refractivity contribution in [1.29, 1.82) is 0 Å². The fourth-order valence-corrected chi connectivity index (χ4v) is 2.47. The first-order chi connectivity index (χ1) is 8.60. The van der Waals surface area contributed by atoms with Crippen LogP contribution in [-0.2, 0) is 6.54 Å². The third-order valence-electron chi connectivity index (χ3n) is 2.65. The number of aromatic nitrogens is 2. The molecule has 0 aliphatic rings. The van der Waals surface area contributed by atoms with E-state index in [1.165, 1.54) is 0 Å². The van der Waals surface area contributed by atoms with Crippen molar-refractivity contribution in [2.45, 2.75) is 26.8 Å². The summed E-state index contributed by atoms with van der Waals surface area (Å²) in [4.78, 5) is 12.3. The lowest BCUT2D eigenvalue weighted by atomic mass is 10.0. The maximum atomic E-state index is 12.3. The number of nitrogens with zero attached hydrogens (tertiary/aromatic N) is 2. The summed E-state index contributed by atoms with van der Waals surface area (Å²) in [6, 6.07) is 5.72. The summed E-state index contributed by atoms with van der Waals surface area (Å²) in [5.41, 5.74) is 2.40. The van der Waals surface area contributed by atoms with Crippen LogP contribution in [-0.4, -0.2) is 15.6 Å². The zero-order chi connectivity index (χ0) is 13.1. The number of rotatable bonds is 4. The Morgan fingerprint density at radius 1 is 1.33 bits per heavy atom. The van der Waals surface area contributed by atoms with Crippen molar-refractivity contribution >= 4 is 21.7 Å². The fourth-order valence-electron chi connectivity index (χ4n) is 1.87. The number of aryl methyl sites for hydroxylation is 2. The molecule has 94 valence electrons. The minimum Gasteiger partial charge on any atom is -0.288 e. The molecule has 1 heterocycles. The number of carbonyl (C=O) groups excluding carboxylic acids is 1. The van der Waals surface area contributed by atoms with E-state index in [0.29, 0.717) is 11.1 Å². The highest BCUT2D eigenvalue weighted by molar-refractivity contribution is 9.10. The quantitative estimate of drug-likeness (QED) is 0.809. The zero-order valence-electron chi connectivity index (χ0n) is 10.5. The maximum absolute atomic E-state index is 12.3. The second kappa shape index (κ2) is 5.48. The lowest BCUT2D eigenvalue weighted by Crippen LogP contribution is -2.01. The number of carbonyl (C=O) groups is 1. The van der Waals surface area contributed by atoms with Crippen LogP contribution >= 0.6 is 15.9 Å².